The monoisotopic (exact) mass is 516 g/mol. The average molecular weight is 518 g/mol. The molecule has 10 nitrogen and oxygen atoms in total. The van der Waals surface area contributed by atoms with Crippen LogP contribution in [0.1, 0.15) is 39.4 Å². The Hall–Kier alpha value is -2.18. The third-order valence-corrected chi connectivity index (χ3v) is 3.84. The SMILES string of the molecule is CC(C)C(=O)O.CC(C)c1nnc2ncc(Br)cn12.NNc1ncc(Br)cn1. The zero-order valence-electron chi connectivity index (χ0n) is 15.8. The van der Waals surface area contributed by atoms with Crippen molar-refractivity contribution in [3.05, 3.63) is 39.6 Å². The van der Waals surface area contributed by atoms with E-state index in [1.807, 2.05) is 10.6 Å². The number of aromatic nitrogens is 6. The number of anilines is 1. The fourth-order valence-corrected chi connectivity index (χ4v) is 2.08. The molecule has 28 heavy (non-hydrogen) atoms. The van der Waals surface area contributed by atoms with Crippen molar-refractivity contribution in [3.8, 4) is 0 Å². The van der Waals surface area contributed by atoms with E-state index in [2.05, 4.69) is 76.3 Å². The lowest BCUT2D eigenvalue weighted by atomic mass is 10.2. The minimum atomic E-state index is -0.741. The maximum Gasteiger partial charge on any atom is 0.305 e. The fraction of sp³-hybridized carbons (Fsp3) is 0.375. The van der Waals surface area contributed by atoms with Crippen LogP contribution in [-0.4, -0.2) is 40.6 Å². The molecule has 12 heteroatoms. The van der Waals surface area contributed by atoms with E-state index in [-0.39, 0.29) is 5.92 Å². The van der Waals surface area contributed by atoms with Crippen LogP contribution in [0.5, 0.6) is 0 Å². The molecule has 0 aliphatic carbocycles. The van der Waals surface area contributed by atoms with Crippen LogP contribution < -0.4 is 11.3 Å². The molecule has 0 saturated heterocycles. The molecule has 0 saturated carbocycles. The Kier molecular flexibility index (Phi) is 9.90. The number of hydrogen-bond acceptors (Lipinski definition) is 8. The van der Waals surface area contributed by atoms with Crippen molar-refractivity contribution < 1.29 is 9.90 Å². The van der Waals surface area contributed by atoms with E-state index < -0.39 is 5.97 Å². The molecular weight excluding hydrogens is 496 g/mol. The zero-order valence-corrected chi connectivity index (χ0v) is 19.0. The minimum Gasteiger partial charge on any atom is -0.481 e. The molecule has 3 aromatic rings. The smallest absolute Gasteiger partial charge is 0.305 e. The highest BCUT2D eigenvalue weighted by Gasteiger charge is 2.09. The fourth-order valence-electron chi connectivity index (χ4n) is 1.56. The van der Waals surface area contributed by atoms with Crippen molar-refractivity contribution in [2.45, 2.75) is 33.6 Å². The maximum absolute atomic E-state index is 9.70. The van der Waals surface area contributed by atoms with E-state index in [1.165, 1.54) is 0 Å². The van der Waals surface area contributed by atoms with Crippen molar-refractivity contribution in [2.24, 2.45) is 11.8 Å². The lowest BCUT2D eigenvalue weighted by Crippen LogP contribution is -2.09. The van der Waals surface area contributed by atoms with Crippen LogP contribution in [-0.2, 0) is 4.79 Å². The number of nitrogens with zero attached hydrogens (tertiary/aromatic N) is 6. The number of carboxylic acids is 1. The van der Waals surface area contributed by atoms with Crippen LogP contribution in [0.2, 0.25) is 0 Å². The van der Waals surface area contributed by atoms with Gasteiger partial charge in [-0.2, -0.15) is 0 Å². The highest BCUT2D eigenvalue weighted by Crippen LogP contribution is 2.15. The normalized spacial score (nSPS) is 10.2. The van der Waals surface area contributed by atoms with E-state index in [4.69, 9.17) is 10.9 Å². The average Bonchev–Trinajstić information content (AvgIpc) is 3.06. The number of nitrogens with two attached hydrogens (primary N) is 1. The standard InChI is InChI=1S/C8H9BrN4.C4H5BrN4.C4H8O2/c1-5(2)7-11-12-8-10-3-6(9)4-13(7)8;5-3-1-7-4(9-6)8-2-3;1-3(2)4(5)6/h3-5H,1-2H3;1-2H,6H2,(H,7,8,9);3H,1-2H3,(H,5,6). The molecule has 0 unspecified atom stereocenters. The van der Waals surface area contributed by atoms with Gasteiger partial charge in [0.2, 0.25) is 5.95 Å². The molecule has 4 N–H and O–H groups in total. The molecule has 0 bridgehead atoms. The molecule has 3 heterocycles. The van der Waals surface area contributed by atoms with E-state index in [0.717, 1.165) is 14.8 Å². The first kappa shape index (κ1) is 23.9. The highest BCUT2D eigenvalue weighted by molar-refractivity contribution is 9.10. The number of carboxylic acid groups (broad SMARTS) is 1. The first-order valence-corrected chi connectivity index (χ1v) is 9.77. The minimum absolute atomic E-state index is 0.231. The lowest BCUT2D eigenvalue weighted by molar-refractivity contribution is -0.140. The Bertz CT molecular complexity index is 884. The Balaban J connectivity index is 0.000000229. The predicted molar refractivity (Wildman–Crippen MR) is 113 cm³/mol. The van der Waals surface area contributed by atoms with Gasteiger partial charge in [-0.15, -0.1) is 10.2 Å². The Morgan fingerprint density at radius 1 is 1.07 bits per heavy atom. The summed E-state index contributed by atoms with van der Waals surface area (Å²) in [4.78, 5) is 21.4. The largest absolute Gasteiger partial charge is 0.481 e. The molecule has 0 aromatic carbocycles. The second-order valence-corrected chi connectivity index (χ2v) is 7.85. The van der Waals surface area contributed by atoms with Crippen molar-refractivity contribution in [1.82, 2.24) is 29.5 Å². The van der Waals surface area contributed by atoms with Crippen molar-refractivity contribution in [2.75, 3.05) is 5.43 Å². The molecule has 0 aliphatic heterocycles. The molecule has 3 aromatic heterocycles. The summed E-state index contributed by atoms with van der Waals surface area (Å²) in [6.07, 6.45) is 6.87. The van der Waals surface area contributed by atoms with Gasteiger partial charge in [0.1, 0.15) is 5.82 Å². The molecule has 0 radical (unpaired) electrons. The van der Waals surface area contributed by atoms with Gasteiger partial charge in [-0.25, -0.2) is 20.8 Å². The lowest BCUT2D eigenvalue weighted by Gasteiger charge is -2.01. The summed E-state index contributed by atoms with van der Waals surface area (Å²) < 4.78 is 3.66. The number of hydrazine groups is 1. The Labute approximate surface area is 179 Å². The molecule has 0 fully saturated rings. The van der Waals surface area contributed by atoms with Crippen molar-refractivity contribution in [1.29, 1.82) is 0 Å². The Morgan fingerprint density at radius 2 is 1.61 bits per heavy atom. The van der Waals surface area contributed by atoms with Gasteiger partial charge in [-0.05, 0) is 31.9 Å². The number of fused-ring (bicyclic) bond motifs is 1. The topological polar surface area (TPSA) is 144 Å². The molecule has 3 rings (SSSR count). The number of rotatable bonds is 3. The zero-order chi connectivity index (χ0) is 21.3. The maximum atomic E-state index is 9.70. The number of halogens is 2. The highest BCUT2D eigenvalue weighted by atomic mass is 79.9. The number of carbonyl (C=O) groups is 1. The first-order valence-electron chi connectivity index (χ1n) is 8.18. The molecular formula is C16H22Br2N8O2. The summed E-state index contributed by atoms with van der Waals surface area (Å²) in [5.41, 5.74) is 2.31. The first-order chi connectivity index (χ1) is 13.1. The molecule has 0 atom stereocenters. The third-order valence-electron chi connectivity index (χ3n) is 3.02. The van der Waals surface area contributed by atoms with E-state index in [1.54, 1.807) is 32.4 Å². The van der Waals surface area contributed by atoms with E-state index in [9.17, 15) is 4.79 Å². The van der Waals surface area contributed by atoms with Crippen LogP contribution in [0, 0.1) is 5.92 Å². The predicted octanol–water partition coefficient (Wildman–Crippen LogP) is 3.26. The van der Waals surface area contributed by atoms with Gasteiger partial charge >= 0.3 is 5.97 Å². The summed E-state index contributed by atoms with van der Waals surface area (Å²) in [5.74, 6) is 6.38. The van der Waals surface area contributed by atoms with Gasteiger partial charge in [-0.1, -0.05) is 27.7 Å². The number of aliphatic carboxylic acids is 1. The van der Waals surface area contributed by atoms with Gasteiger partial charge in [0.15, 0.2) is 0 Å². The summed E-state index contributed by atoms with van der Waals surface area (Å²) in [6, 6.07) is 0. The molecule has 0 amide bonds. The molecule has 0 spiro atoms. The van der Waals surface area contributed by atoms with Gasteiger partial charge < -0.3 is 5.11 Å². The van der Waals surface area contributed by atoms with Gasteiger partial charge in [-0.3, -0.25) is 14.6 Å². The quantitative estimate of drug-likeness (QED) is 0.352. The summed E-state index contributed by atoms with van der Waals surface area (Å²) >= 11 is 6.54. The second-order valence-electron chi connectivity index (χ2n) is 6.02. The van der Waals surface area contributed by atoms with Crippen LogP contribution >= 0.6 is 31.9 Å². The van der Waals surface area contributed by atoms with Crippen LogP contribution in [0.25, 0.3) is 5.78 Å². The summed E-state index contributed by atoms with van der Waals surface area (Å²) in [7, 11) is 0. The van der Waals surface area contributed by atoms with E-state index in [0.29, 0.717) is 17.6 Å². The number of nitrogens with one attached hydrogen (secondary N) is 1. The van der Waals surface area contributed by atoms with Crippen LogP contribution in [0.4, 0.5) is 5.95 Å². The molecule has 152 valence electrons. The second kappa shape index (κ2) is 11.6. The number of nitrogen functional groups attached to an aromatic ring is 1. The Morgan fingerprint density at radius 3 is 2.07 bits per heavy atom. The van der Waals surface area contributed by atoms with Crippen LogP contribution in [0.15, 0.2) is 33.7 Å². The third kappa shape index (κ3) is 7.82. The summed E-state index contributed by atoms with van der Waals surface area (Å²) in [5, 5.41) is 16.0. The van der Waals surface area contributed by atoms with Gasteiger partial charge in [0, 0.05) is 30.7 Å². The van der Waals surface area contributed by atoms with Crippen molar-refractivity contribution in [3.63, 3.8) is 0 Å². The summed E-state index contributed by atoms with van der Waals surface area (Å²) in [6.45, 7) is 7.44. The number of hydrogen-bond donors (Lipinski definition) is 3. The van der Waals surface area contributed by atoms with Gasteiger partial charge in [0.25, 0.3) is 5.78 Å². The van der Waals surface area contributed by atoms with Crippen LogP contribution in [0.3, 0.4) is 0 Å². The van der Waals surface area contributed by atoms with Gasteiger partial charge in [0.05, 0.1) is 14.9 Å². The van der Waals surface area contributed by atoms with Crippen molar-refractivity contribution >= 4 is 49.6 Å². The van der Waals surface area contributed by atoms with E-state index >= 15 is 0 Å². The molecule has 0 aliphatic rings.